The van der Waals surface area contributed by atoms with Gasteiger partial charge in [0.1, 0.15) is 5.75 Å². The van der Waals surface area contributed by atoms with E-state index >= 15 is 0 Å². The minimum atomic E-state index is -3.55. The van der Waals surface area contributed by atoms with E-state index in [-0.39, 0.29) is 28.2 Å². The van der Waals surface area contributed by atoms with Gasteiger partial charge in [-0.2, -0.15) is 4.31 Å². The van der Waals surface area contributed by atoms with Crippen molar-refractivity contribution >= 4 is 33.2 Å². The molecule has 0 atom stereocenters. The molecule has 1 saturated heterocycles. The van der Waals surface area contributed by atoms with Gasteiger partial charge in [-0.1, -0.05) is 29.8 Å². The summed E-state index contributed by atoms with van der Waals surface area (Å²) in [4.78, 5) is 12.4. The van der Waals surface area contributed by atoms with Gasteiger partial charge in [0.05, 0.1) is 9.92 Å². The molecule has 1 heterocycles. The van der Waals surface area contributed by atoms with Crippen LogP contribution in [0.4, 0.5) is 5.69 Å². The number of carbonyl (C=O) groups excluding carboxylic acids is 1. The van der Waals surface area contributed by atoms with Crippen molar-refractivity contribution in [1.82, 2.24) is 4.31 Å². The fraction of sp³-hybridized carbons (Fsp3) is 0.350. The number of nitrogens with zero attached hydrogens (tertiary/aromatic N) is 1. The van der Waals surface area contributed by atoms with Crippen LogP contribution in [-0.2, 0) is 14.8 Å². The number of aryl methyl sites for hydroxylation is 2. The topological polar surface area (TPSA) is 75.7 Å². The largest absolute Gasteiger partial charge is 0.482 e. The molecule has 6 nitrogen and oxygen atoms in total. The molecule has 0 bridgehead atoms. The molecule has 0 saturated carbocycles. The van der Waals surface area contributed by atoms with Gasteiger partial charge >= 0.3 is 0 Å². The Bertz CT molecular complexity index is 965. The molecular formula is C20H23ClN2O4S. The Labute approximate surface area is 170 Å². The second-order valence-corrected chi connectivity index (χ2v) is 9.15. The number of halogens is 1. The van der Waals surface area contributed by atoms with Gasteiger partial charge in [-0.15, -0.1) is 0 Å². The summed E-state index contributed by atoms with van der Waals surface area (Å²) in [5.74, 6) is -0.0547. The van der Waals surface area contributed by atoms with Gasteiger partial charge in [-0.05, 0) is 56.0 Å². The van der Waals surface area contributed by atoms with Crippen LogP contribution in [0.2, 0.25) is 5.02 Å². The van der Waals surface area contributed by atoms with E-state index in [0.717, 1.165) is 29.7 Å². The number of amides is 1. The van der Waals surface area contributed by atoms with E-state index in [4.69, 9.17) is 16.3 Å². The summed E-state index contributed by atoms with van der Waals surface area (Å²) in [6.07, 6.45) is 1.73. The Kier molecular flexibility index (Phi) is 6.27. The summed E-state index contributed by atoms with van der Waals surface area (Å²) < 4.78 is 32.1. The lowest BCUT2D eigenvalue weighted by molar-refractivity contribution is -0.118. The van der Waals surface area contributed by atoms with Crippen LogP contribution in [0.5, 0.6) is 5.75 Å². The molecule has 0 unspecified atom stereocenters. The summed E-state index contributed by atoms with van der Waals surface area (Å²) in [6, 6.07) is 10.1. The second kappa shape index (κ2) is 8.51. The maximum Gasteiger partial charge on any atom is 0.262 e. The minimum absolute atomic E-state index is 0.131. The molecule has 0 aromatic heterocycles. The molecule has 0 radical (unpaired) electrons. The van der Waals surface area contributed by atoms with E-state index in [1.54, 1.807) is 0 Å². The van der Waals surface area contributed by atoms with Crippen molar-refractivity contribution in [3.05, 3.63) is 52.5 Å². The summed E-state index contributed by atoms with van der Waals surface area (Å²) >= 11 is 6.20. The first-order valence-electron chi connectivity index (χ1n) is 9.07. The minimum Gasteiger partial charge on any atom is -0.482 e. The molecule has 2 aromatic rings. The molecule has 28 heavy (non-hydrogen) atoms. The highest BCUT2D eigenvalue weighted by molar-refractivity contribution is 7.89. The molecule has 150 valence electrons. The highest BCUT2D eigenvalue weighted by atomic mass is 35.5. The highest BCUT2D eigenvalue weighted by Gasteiger charge is 2.27. The first-order chi connectivity index (χ1) is 13.3. The molecule has 1 aliphatic heterocycles. The lowest BCUT2D eigenvalue weighted by Crippen LogP contribution is -2.27. The maximum atomic E-state index is 12.6. The van der Waals surface area contributed by atoms with Gasteiger partial charge in [0, 0.05) is 18.8 Å². The van der Waals surface area contributed by atoms with Crippen LogP contribution in [0.3, 0.4) is 0 Å². The molecule has 2 aromatic carbocycles. The molecule has 1 aliphatic rings. The number of rotatable bonds is 6. The molecule has 1 N–H and O–H groups in total. The molecule has 8 heteroatoms. The molecule has 0 aliphatic carbocycles. The van der Waals surface area contributed by atoms with E-state index in [1.807, 2.05) is 32.0 Å². The predicted octanol–water partition coefficient (Wildman–Crippen LogP) is 3.76. The van der Waals surface area contributed by atoms with Crippen LogP contribution in [0.25, 0.3) is 0 Å². The standard InChI is InChI=1S/C20H23ClN2O4S/c1-14-6-5-7-15(2)20(14)22-19(24)13-27-18-9-8-16(12-17(18)21)28(25,26)23-10-3-4-11-23/h5-9,12H,3-4,10-11,13H2,1-2H3,(H,22,24). The molecule has 0 spiro atoms. The SMILES string of the molecule is Cc1cccc(C)c1NC(=O)COc1ccc(S(=O)(=O)N2CCCC2)cc1Cl. The third-order valence-electron chi connectivity index (χ3n) is 4.71. The number of benzene rings is 2. The van der Waals surface area contributed by atoms with Gasteiger partial charge in [-0.3, -0.25) is 4.79 Å². The van der Waals surface area contributed by atoms with E-state index in [9.17, 15) is 13.2 Å². The summed E-state index contributed by atoms with van der Waals surface area (Å²) in [5.41, 5.74) is 2.68. The Morgan fingerprint density at radius 1 is 1.14 bits per heavy atom. The Morgan fingerprint density at radius 2 is 1.79 bits per heavy atom. The van der Waals surface area contributed by atoms with Crippen LogP contribution < -0.4 is 10.1 Å². The smallest absolute Gasteiger partial charge is 0.262 e. The van der Waals surface area contributed by atoms with Gasteiger partial charge in [0.15, 0.2) is 6.61 Å². The van der Waals surface area contributed by atoms with Crippen molar-refractivity contribution < 1.29 is 17.9 Å². The van der Waals surface area contributed by atoms with E-state index in [0.29, 0.717) is 13.1 Å². The van der Waals surface area contributed by atoms with Crippen molar-refractivity contribution in [3.63, 3.8) is 0 Å². The van der Waals surface area contributed by atoms with Gasteiger partial charge < -0.3 is 10.1 Å². The first-order valence-corrected chi connectivity index (χ1v) is 10.9. The van der Waals surface area contributed by atoms with Crippen molar-refractivity contribution in [2.24, 2.45) is 0 Å². The van der Waals surface area contributed by atoms with Crippen molar-refractivity contribution in [3.8, 4) is 5.75 Å². The molecule has 3 rings (SSSR count). The summed E-state index contributed by atoms with van der Waals surface area (Å²) in [5, 5.41) is 2.98. The van der Waals surface area contributed by atoms with Gasteiger partial charge in [-0.25, -0.2) is 8.42 Å². The van der Waals surface area contributed by atoms with Gasteiger partial charge in [0.2, 0.25) is 10.0 Å². The van der Waals surface area contributed by atoms with Crippen molar-refractivity contribution in [2.75, 3.05) is 25.0 Å². The highest BCUT2D eigenvalue weighted by Crippen LogP contribution is 2.30. The maximum absolute atomic E-state index is 12.6. The predicted molar refractivity (Wildman–Crippen MR) is 109 cm³/mol. The number of anilines is 1. The normalized spacial score (nSPS) is 14.8. The Morgan fingerprint density at radius 3 is 2.39 bits per heavy atom. The number of carbonyl (C=O) groups is 1. The zero-order valence-electron chi connectivity index (χ0n) is 15.9. The Hall–Kier alpha value is -2.09. The number of hydrogen-bond acceptors (Lipinski definition) is 4. The lowest BCUT2D eigenvalue weighted by atomic mass is 10.1. The van der Waals surface area contributed by atoms with Crippen LogP contribution >= 0.6 is 11.6 Å². The van der Waals surface area contributed by atoms with Gasteiger partial charge in [0.25, 0.3) is 5.91 Å². The third kappa shape index (κ3) is 4.48. The molecular weight excluding hydrogens is 400 g/mol. The summed E-state index contributed by atoms with van der Waals surface area (Å²) in [6.45, 7) is 4.65. The third-order valence-corrected chi connectivity index (χ3v) is 6.90. The van der Waals surface area contributed by atoms with Crippen molar-refractivity contribution in [1.29, 1.82) is 0 Å². The van der Waals surface area contributed by atoms with E-state index < -0.39 is 10.0 Å². The molecule has 1 amide bonds. The number of hydrogen-bond donors (Lipinski definition) is 1. The monoisotopic (exact) mass is 422 g/mol. The fourth-order valence-electron chi connectivity index (χ4n) is 3.17. The lowest BCUT2D eigenvalue weighted by Gasteiger charge is -2.16. The Balaban J connectivity index is 1.66. The molecule has 1 fully saturated rings. The van der Waals surface area contributed by atoms with Crippen molar-refractivity contribution in [2.45, 2.75) is 31.6 Å². The average molecular weight is 423 g/mol. The average Bonchev–Trinajstić information content (AvgIpc) is 3.19. The van der Waals surface area contributed by atoms with E-state index in [2.05, 4.69) is 5.32 Å². The van der Waals surface area contributed by atoms with Crippen LogP contribution in [0, 0.1) is 13.8 Å². The zero-order chi connectivity index (χ0) is 20.3. The first kappa shape index (κ1) is 20.6. The number of sulfonamides is 1. The fourth-order valence-corrected chi connectivity index (χ4v) is 5.01. The second-order valence-electron chi connectivity index (χ2n) is 6.81. The quantitative estimate of drug-likeness (QED) is 0.769. The van der Waals surface area contributed by atoms with Crippen LogP contribution in [-0.4, -0.2) is 38.3 Å². The van der Waals surface area contributed by atoms with Crippen LogP contribution in [0.1, 0.15) is 24.0 Å². The summed E-state index contributed by atoms with van der Waals surface area (Å²) in [7, 11) is -3.55. The number of ether oxygens (including phenoxy) is 1. The van der Waals surface area contributed by atoms with Crippen LogP contribution in [0.15, 0.2) is 41.3 Å². The number of nitrogens with one attached hydrogen (secondary N) is 1. The number of para-hydroxylation sites is 1. The van der Waals surface area contributed by atoms with E-state index in [1.165, 1.54) is 22.5 Å². The zero-order valence-corrected chi connectivity index (χ0v) is 17.4.